The standard InChI is InChI=1S/C24H26O2/c1-5-7-13-25-23-19-11-9-10-12-20(19)24(26-14-8-6-2)22-16-18(4)17(3)15-21(22)23/h7-16H,5-6H2,1-4H3/b13-7+,14-8+. The van der Waals surface area contributed by atoms with Gasteiger partial charge in [0.05, 0.1) is 12.5 Å². The molecule has 0 aliphatic rings. The summed E-state index contributed by atoms with van der Waals surface area (Å²) in [5, 5.41) is 4.27. The van der Waals surface area contributed by atoms with Crippen LogP contribution in [0.5, 0.6) is 11.5 Å². The van der Waals surface area contributed by atoms with E-state index in [2.05, 4.69) is 52.0 Å². The molecule has 0 saturated heterocycles. The first-order valence-corrected chi connectivity index (χ1v) is 9.26. The highest BCUT2D eigenvalue weighted by molar-refractivity contribution is 6.11. The van der Waals surface area contributed by atoms with Gasteiger partial charge in [-0.2, -0.15) is 0 Å². The topological polar surface area (TPSA) is 18.5 Å². The van der Waals surface area contributed by atoms with Gasteiger partial charge in [-0.15, -0.1) is 0 Å². The quantitative estimate of drug-likeness (QED) is 0.346. The second-order valence-electron chi connectivity index (χ2n) is 6.48. The summed E-state index contributed by atoms with van der Waals surface area (Å²) < 4.78 is 12.2. The molecule has 2 nitrogen and oxygen atoms in total. The molecule has 0 aliphatic heterocycles. The van der Waals surface area contributed by atoms with Crippen molar-refractivity contribution in [3.8, 4) is 11.5 Å². The highest BCUT2D eigenvalue weighted by Gasteiger charge is 2.16. The minimum atomic E-state index is 0.884. The molecule has 0 spiro atoms. The van der Waals surface area contributed by atoms with E-state index in [1.807, 2.05) is 24.3 Å². The molecular formula is C24H26O2. The Bertz CT molecular complexity index is 901. The van der Waals surface area contributed by atoms with E-state index in [-0.39, 0.29) is 0 Å². The third-order valence-electron chi connectivity index (χ3n) is 4.58. The first kappa shape index (κ1) is 18.1. The van der Waals surface area contributed by atoms with Gasteiger partial charge in [0.2, 0.25) is 0 Å². The zero-order chi connectivity index (χ0) is 18.5. The van der Waals surface area contributed by atoms with E-state index in [1.54, 1.807) is 12.5 Å². The normalized spacial score (nSPS) is 11.8. The maximum Gasteiger partial charge on any atom is 0.142 e. The van der Waals surface area contributed by atoms with Crippen LogP contribution in [0, 0.1) is 13.8 Å². The summed E-state index contributed by atoms with van der Waals surface area (Å²) in [6.45, 7) is 8.46. The van der Waals surface area contributed by atoms with E-state index in [0.29, 0.717) is 0 Å². The first-order chi connectivity index (χ1) is 12.7. The van der Waals surface area contributed by atoms with Crippen LogP contribution in [0.15, 0.2) is 61.1 Å². The molecule has 3 rings (SSSR count). The zero-order valence-corrected chi connectivity index (χ0v) is 16.0. The molecule has 0 saturated carbocycles. The Morgan fingerprint density at radius 3 is 1.50 bits per heavy atom. The van der Waals surface area contributed by atoms with Crippen LogP contribution < -0.4 is 9.47 Å². The second kappa shape index (κ2) is 8.09. The molecular weight excluding hydrogens is 320 g/mol. The van der Waals surface area contributed by atoms with Crippen LogP contribution in [0.2, 0.25) is 0 Å². The maximum absolute atomic E-state index is 6.09. The smallest absolute Gasteiger partial charge is 0.142 e. The number of ether oxygens (including phenoxy) is 2. The molecule has 0 atom stereocenters. The fraction of sp³-hybridized carbons (Fsp3) is 0.250. The van der Waals surface area contributed by atoms with Gasteiger partial charge in [-0.25, -0.2) is 0 Å². The second-order valence-corrected chi connectivity index (χ2v) is 6.48. The lowest BCUT2D eigenvalue weighted by Gasteiger charge is -2.16. The van der Waals surface area contributed by atoms with E-state index < -0.39 is 0 Å². The fourth-order valence-corrected chi connectivity index (χ4v) is 3.04. The predicted octanol–water partition coefficient (Wildman–Crippen LogP) is 7.21. The predicted molar refractivity (Wildman–Crippen MR) is 111 cm³/mol. The van der Waals surface area contributed by atoms with Crippen LogP contribution in [-0.2, 0) is 0 Å². The van der Waals surface area contributed by atoms with E-state index in [9.17, 15) is 0 Å². The Balaban J connectivity index is 2.36. The van der Waals surface area contributed by atoms with Gasteiger partial charge >= 0.3 is 0 Å². The third kappa shape index (κ3) is 3.45. The van der Waals surface area contributed by atoms with Crippen molar-refractivity contribution in [2.75, 3.05) is 0 Å². The zero-order valence-electron chi connectivity index (χ0n) is 16.0. The molecule has 3 aromatic rings. The van der Waals surface area contributed by atoms with Crippen molar-refractivity contribution < 1.29 is 9.47 Å². The number of hydrogen-bond acceptors (Lipinski definition) is 2. The SMILES string of the molecule is CC/C=C/Oc1c2ccccc2c(O/C=C/CC)c2cc(C)c(C)cc12. The van der Waals surface area contributed by atoms with Crippen molar-refractivity contribution in [3.63, 3.8) is 0 Å². The Labute approximate surface area is 155 Å². The van der Waals surface area contributed by atoms with Gasteiger partial charge in [-0.3, -0.25) is 0 Å². The van der Waals surface area contributed by atoms with Gasteiger partial charge < -0.3 is 9.47 Å². The molecule has 0 amide bonds. The summed E-state index contributed by atoms with van der Waals surface area (Å²) in [5.74, 6) is 1.77. The van der Waals surface area contributed by atoms with E-state index >= 15 is 0 Å². The number of allylic oxidation sites excluding steroid dienone is 2. The summed E-state index contributed by atoms with van der Waals surface area (Å²) >= 11 is 0. The van der Waals surface area contributed by atoms with Gasteiger partial charge in [-0.05, 0) is 62.1 Å². The monoisotopic (exact) mass is 346 g/mol. The van der Waals surface area contributed by atoms with Gasteiger partial charge in [0.1, 0.15) is 11.5 Å². The highest BCUT2D eigenvalue weighted by atomic mass is 16.5. The van der Waals surface area contributed by atoms with E-state index in [1.165, 1.54) is 11.1 Å². The summed E-state index contributed by atoms with van der Waals surface area (Å²) in [6.07, 6.45) is 9.50. The molecule has 0 radical (unpaired) electrons. The molecule has 0 unspecified atom stereocenters. The molecule has 0 heterocycles. The summed E-state index contributed by atoms with van der Waals surface area (Å²) in [6, 6.07) is 12.7. The number of rotatable bonds is 6. The Morgan fingerprint density at radius 1 is 0.692 bits per heavy atom. The van der Waals surface area contributed by atoms with Crippen molar-refractivity contribution in [1.82, 2.24) is 0 Å². The molecule has 2 heteroatoms. The Morgan fingerprint density at radius 2 is 1.12 bits per heavy atom. The van der Waals surface area contributed by atoms with Crippen LogP contribution in [0.1, 0.15) is 37.8 Å². The number of hydrogen-bond donors (Lipinski definition) is 0. The minimum Gasteiger partial charge on any atom is -0.464 e. The van der Waals surface area contributed by atoms with Crippen LogP contribution in [-0.4, -0.2) is 0 Å². The molecule has 3 aromatic carbocycles. The van der Waals surface area contributed by atoms with Crippen LogP contribution >= 0.6 is 0 Å². The van der Waals surface area contributed by atoms with Crippen molar-refractivity contribution >= 4 is 21.5 Å². The molecule has 0 fully saturated rings. The van der Waals surface area contributed by atoms with Crippen molar-refractivity contribution in [2.45, 2.75) is 40.5 Å². The van der Waals surface area contributed by atoms with E-state index in [4.69, 9.17) is 9.47 Å². The molecule has 26 heavy (non-hydrogen) atoms. The van der Waals surface area contributed by atoms with Crippen molar-refractivity contribution in [1.29, 1.82) is 0 Å². The van der Waals surface area contributed by atoms with Crippen LogP contribution in [0.3, 0.4) is 0 Å². The lowest BCUT2D eigenvalue weighted by Crippen LogP contribution is -1.94. The van der Waals surface area contributed by atoms with E-state index in [0.717, 1.165) is 45.9 Å². The molecule has 0 bridgehead atoms. The first-order valence-electron chi connectivity index (χ1n) is 9.26. The molecule has 134 valence electrons. The fourth-order valence-electron chi connectivity index (χ4n) is 3.04. The largest absolute Gasteiger partial charge is 0.464 e. The van der Waals surface area contributed by atoms with Gasteiger partial charge in [0.25, 0.3) is 0 Å². The van der Waals surface area contributed by atoms with Crippen LogP contribution in [0.4, 0.5) is 0 Å². The summed E-state index contributed by atoms with van der Waals surface area (Å²) in [7, 11) is 0. The molecule has 0 N–H and O–H groups in total. The third-order valence-corrected chi connectivity index (χ3v) is 4.58. The lowest BCUT2D eigenvalue weighted by atomic mass is 9.96. The van der Waals surface area contributed by atoms with Gasteiger partial charge in [0, 0.05) is 21.5 Å². The van der Waals surface area contributed by atoms with Crippen molar-refractivity contribution in [3.05, 3.63) is 72.2 Å². The number of aryl methyl sites for hydroxylation is 2. The summed E-state index contributed by atoms with van der Waals surface area (Å²) in [5.41, 5.74) is 2.49. The maximum atomic E-state index is 6.09. The molecule has 0 aromatic heterocycles. The van der Waals surface area contributed by atoms with Crippen LogP contribution in [0.25, 0.3) is 21.5 Å². The van der Waals surface area contributed by atoms with Gasteiger partial charge in [-0.1, -0.05) is 38.1 Å². The average Bonchev–Trinajstić information content (AvgIpc) is 2.65. The average molecular weight is 346 g/mol. The van der Waals surface area contributed by atoms with Crippen molar-refractivity contribution in [2.24, 2.45) is 0 Å². The number of benzene rings is 3. The molecule has 0 aliphatic carbocycles. The number of fused-ring (bicyclic) bond motifs is 2. The highest BCUT2D eigenvalue weighted by Crippen LogP contribution is 2.43. The Hall–Kier alpha value is -2.74. The minimum absolute atomic E-state index is 0.884. The lowest BCUT2D eigenvalue weighted by molar-refractivity contribution is 0.482. The Kier molecular flexibility index (Phi) is 5.62. The van der Waals surface area contributed by atoms with Gasteiger partial charge in [0.15, 0.2) is 0 Å². The summed E-state index contributed by atoms with van der Waals surface area (Å²) in [4.78, 5) is 0.